The van der Waals surface area contributed by atoms with Crippen LogP contribution in [0.25, 0.3) is 0 Å². The van der Waals surface area contributed by atoms with E-state index in [4.69, 9.17) is 0 Å². The van der Waals surface area contributed by atoms with Crippen molar-refractivity contribution in [3.8, 4) is 0 Å². The number of rotatable bonds is 20. The second-order valence-corrected chi connectivity index (χ2v) is 10.4. The van der Waals surface area contributed by atoms with Crippen molar-refractivity contribution >= 4 is 21.7 Å². The van der Waals surface area contributed by atoms with E-state index in [9.17, 15) is 28.0 Å². The summed E-state index contributed by atoms with van der Waals surface area (Å²) in [6, 6.07) is 0. The molecule has 0 spiro atoms. The Kier molecular flexibility index (Phi) is 19.7. The van der Waals surface area contributed by atoms with Crippen LogP contribution < -0.4 is 29.6 Å². The van der Waals surface area contributed by atoms with Gasteiger partial charge in [-0.3, -0.25) is 14.3 Å². The number of aliphatic hydroxyl groups excluding tert-OH is 2. The van der Waals surface area contributed by atoms with Gasteiger partial charge in [0.2, 0.25) is 5.78 Å². The molecular formula is C24H44N2NaO6S+. The minimum absolute atomic E-state index is 0. The summed E-state index contributed by atoms with van der Waals surface area (Å²) in [6.45, 7) is 3.26. The molecule has 34 heavy (non-hydrogen) atoms. The van der Waals surface area contributed by atoms with Gasteiger partial charge in [-0.1, -0.05) is 70.4 Å². The number of hydrogen-bond donors (Lipinski definition) is 2. The van der Waals surface area contributed by atoms with Crippen molar-refractivity contribution in [3.63, 3.8) is 0 Å². The normalized spacial score (nSPS) is 15.2. The molecule has 10 heteroatoms. The summed E-state index contributed by atoms with van der Waals surface area (Å²) >= 11 is 0. The van der Waals surface area contributed by atoms with Crippen LogP contribution in [0.4, 0.5) is 0 Å². The number of hydrogen-bond acceptors (Lipinski definition) is 7. The molecule has 0 aliphatic carbocycles. The molecular weight excluding hydrogens is 467 g/mol. The maximum Gasteiger partial charge on any atom is 1.00 e. The number of carbonyl (C=O) groups excluding carboxylic acids is 1. The summed E-state index contributed by atoms with van der Waals surface area (Å²) in [7, 11) is -4.55. The number of Topliss-reactive ketones (excluding diaryl/α,β-unsaturated/α-hetero) is 1. The van der Waals surface area contributed by atoms with E-state index in [1.165, 1.54) is 51.4 Å². The van der Waals surface area contributed by atoms with Crippen LogP contribution in [0.2, 0.25) is 0 Å². The Labute approximate surface area is 228 Å². The van der Waals surface area contributed by atoms with Crippen LogP contribution in [-0.4, -0.2) is 88.9 Å². The van der Waals surface area contributed by atoms with E-state index in [2.05, 4.69) is 13.0 Å². The molecule has 1 atom stereocenters. The van der Waals surface area contributed by atoms with Gasteiger partial charge in [-0.15, -0.1) is 0 Å². The van der Waals surface area contributed by atoms with Crippen molar-refractivity contribution in [2.24, 2.45) is 0 Å². The Balaban J connectivity index is 0.0000109. The molecule has 1 heterocycles. The van der Waals surface area contributed by atoms with Crippen molar-refractivity contribution < 1.29 is 62.1 Å². The summed E-state index contributed by atoms with van der Waals surface area (Å²) in [5.41, 5.74) is 0. The van der Waals surface area contributed by atoms with Gasteiger partial charge in [0.25, 0.3) is 0 Å². The van der Waals surface area contributed by atoms with E-state index in [1.807, 2.05) is 6.08 Å². The van der Waals surface area contributed by atoms with Gasteiger partial charge >= 0.3 is 35.4 Å². The van der Waals surface area contributed by atoms with Crippen LogP contribution in [0.3, 0.4) is 0 Å². The van der Waals surface area contributed by atoms with Gasteiger partial charge in [0.15, 0.2) is 0 Å². The molecule has 0 saturated carbocycles. The predicted octanol–water partition coefficient (Wildman–Crippen LogP) is -0.558. The fourth-order valence-electron chi connectivity index (χ4n) is 4.20. The first-order valence-corrected chi connectivity index (χ1v) is 14.1. The van der Waals surface area contributed by atoms with E-state index >= 15 is 0 Å². The molecule has 8 nitrogen and oxygen atoms in total. The van der Waals surface area contributed by atoms with Gasteiger partial charge in [0.1, 0.15) is 32.3 Å². The third-order valence-corrected chi connectivity index (χ3v) is 6.66. The topological polar surface area (TPSA) is 121 Å². The number of β-amino-alcohol motifs (C(OH)–C–C–N with tert-alkyl or cyclic N) is 2. The van der Waals surface area contributed by atoms with Crippen molar-refractivity contribution in [1.29, 1.82) is 0 Å². The third-order valence-electron chi connectivity index (χ3n) is 5.86. The molecule has 0 amide bonds. The van der Waals surface area contributed by atoms with Crippen LogP contribution in [0.5, 0.6) is 0 Å². The zero-order valence-electron chi connectivity index (χ0n) is 21.3. The second-order valence-electron chi connectivity index (χ2n) is 8.91. The molecule has 0 fully saturated rings. The molecule has 0 radical (unpaired) electrons. The molecule has 1 rings (SSSR count). The smallest absolute Gasteiger partial charge is 0.748 e. The summed E-state index contributed by atoms with van der Waals surface area (Å²) in [6.07, 6.45) is 16.4. The Morgan fingerprint density at radius 3 is 2.26 bits per heavy atom. The first kappa shape index (κ1) is 33.7. The van der Waals surface area contributed by atoms with Gasteiger partial charge in [-0.2, -0.15) is 0 Å². The number of ketones is 1. The van der Waals surface area contributed by atoms with Crippen molar-refractivity contribution in [3.05, 3.63) is 12.2 Å². The average molecular weight is 512 g/mol. The number of unbranched alkanes of at least 4 members (excludes halogenated alkanes) is 9. The largest absolute Gasteiger partial charge is 1.00 e. The zero-order chi connectivity index (χ0) is 24.5. The van der Waals surface area contributed by atoms with E-state index in [1.54, 1.807) is 9.48 Å². The van der Waals surface area contributed by atoms with Crippen LogP contribution in [-0.2, 0) is 14.9 Å². The molecule has 1 unspecified atom stereocenters. The SMILES string of the molecule is CCCCCCCCCCC/C=C/CCC(=O)C1=[N+](CC(O)CS(=O)(=O)[O-])CCN1CCO.[Na+]. The molecule has 0 bridgehead atoms. The molecule has 192 valence electrons. The maximum absolute atomic E-state index is 12.8. The Bertz CT molecular complexity index is 727. The Hall–Kier alpha value is -0.290. The fourth-order valence-corrected chi connectivity index (χ4v) is 4.78. The van der Waals surface area contributed by atoms with Gasteiger partial charge in [0, 0.05) is 6.42 Å². The molecule has 0 aromatic carbocycles. The minimum Gasteiger partial charge on any atom is -0.748 e. The Morgan fingerprint density at radius 1 is 1.09 bits per heavy atom. The average Bonchev–Trinajstić information content (AvgIpc) is 3.12. The minimum atomic E-state index is -4.55. The molecule has 2 N–H and O–H groups in total. The summed E-state index contributed by atoms with van der Waals surface area (Å²) in [4.78, 5) is 14.6. The van der Waals surface area contributed by atoms with Crippen LogP contribution in [0.1, 0.15) is 84.0 Å². The molecule has 0 saturated heterocycles. The van der Waals surface area contributed by atoms with E-state index < -0.39 is 22.0 Å². The van der Waals surface area contributed by atoms with Gasteiger partial charge in [-0.05, 0) is 19.3 Å². The zero-order valence-corrected chi connectivity index (χ0v) is 24.1. The van der Waals surface area contributed by atoms with E-state index in [0.29, 0.717) is 38.3 Å². The second kappa shape index (κ2) is 19.8. The molecule has 1 aliphatic rings. The quantitative estimate of drug-likeness (QED) is 0.0739. The monoisotopic (exact) mass is 511 g/mol. The Morgan fingerprint density at radius 2 is 1.68 bits per heavy atom. The van der Waals surface area contributed by atoms with E-state index in [0.717, 1.165) is 12.8 Å². The van der Waals surface area contributed by atoms with Gasteiger partial charge < -0.3 is 14.8 Å². The van der Waals surface area contributed by atoms with Gasteiger partial charge in [0.05, 0.1) is 22.5 Å². The van der Waals surface area contributed by atoms with Crippen LogP contribution in [0, 0.1) is 0 Å². The first-order chi connectivity index (χ1) is 15.8. The van der Waals surface area contributed by atoms with Gasteiger partial charge in [-0.25, -0.2) is 8.42 Å². The predicted molar refractivity (Wildman–Crippen MR) is 129 cm³/mol. The van der Waals surface area contributed by atoms with Crippen LogP contribution in [0.15, 0.2) is 12.2 Å². The molecule has 0 aromatic heterocycles. The number of allylic oxidation sites excluding steroid dienone is 2. The number of amidine groups is 1. The number of carbonyl (C=O) groups is 1. The standard InChI is InChI=1S/C24H44N2O6S.Na/c1-2-3-4-5-6-7-8-9-10-11-12-13-14-15-23(29)24-25(18-19-27)16-17-26(24)20-22(28)21-33(30,31)32;/h12-13,22,27-28H,2-11,14-21H2,1H3;/q;+1/b13-12+;. The molecule has 1 aliphatic heterocycles. The summed E-state index contributed by atoms with van der Waals surface area (Å²) < 4.78 is 34.3. The third kappa shape index (κ3) is 15.7. The van der Waals surface area contributed by atoms with Crippen molar-refractivity contribution in [1.82, 2.24) is 4.90 Å². The number of aliphatic hydroxyl groups is 2. The van der Waals surface area contributed by atoms with Crippen molar-refractivity contribution in [2.75, 3.05) is 38.5 Å². The van der Waals surface area contributed by atoms with Crippen molar-refractivity contribution in [2.45, 2.75) is 90.1 Å². The maximum atomic E-state index is 12.8. The van der Waals surface area contributed by atoms with E-state index in [-0.39, 0.29) is 48.5 Å². The summed E-state index contributed by atoms with van der Waals surface area (Å²) in [5, 5.41) is 19.2. The fraction of sp³-hybridized carbons (Fsp3) is 0.833. The summed E-state index contributed by atoms with van der Waals surface area (Å²) in [5.74, 6) is -0.600. The molecule has 0 aromatic rings. The number of nitrogens with zero attached hydrogens (tertiary/aromatic N) is 2. The van der Waals surface area contributed by atoms with Crippen LogP contribution >= 0.6 is 0 Å². The first-order valence-electron chi connectivity index (χ1n) is 12.6.